The quantitative estimate of drug-likeness (QED) is 0.763. The van der Waals surface area contributed by atoms with Crippen LogP contribution in [0.3, 0.4) is 0 Å². The number of ether oxygens (including phenoxy) is 1. The molecule has 0 heterocycles. The normalized spacial score (nSPS) is 13.8. The molecule has 0 bridgehead atoms. The number of hydrogen-bond acceptors (Lipinski definition) is 4. The number of benzene rings is 1. The standard InChI is InChI=1S/C16H27N3O2/c1-5-18-15(20)11-19(6-2)16(12(3)17)13-9-7-8-10-14(13)21-4/h7-10,12,16H,5-6,11,17H2,1-4H3,(H,18,20). The number of carbonyl (C=O) groups excluding carboxylic acids is 1. The topological polar surface area (TPSA) is 67.6 Å². The summed E-state index contributed by atoms with van der Waals surface area (Å²) in [6.45, 7) is 7.60. The fourth-order valence-corrected chi connectivity index (χ4v) is 2.57. The highest BCUT2D eigenvalue weighted by atomic mass is 16.5. The largest absolute Gasteiger partial charge is 0.496 e. The van der Waals surface area contributed by atoms with Gasteiger partial charge >= 0.3 is 0 Å². The lowest BCUT2D eigenvalue weighted by atomic mass is 9.98. The Morgan fingerprint density at radius 1 is 1.38 bits per heavy atom. The SMILES string of the molecule is CCNC(=O)CN(CC)C(c1ccccc1OC)C(C)N. The van der Waals surface area contributed by atoms with Crippen LogP contribution >= 0.6 is 0 Å². The maximum Gasteiger partial charge on any atom is 0.234 e. The number of amides is 1. The predicted octanol–water partition coefficient (Wildman–Crippen LogP) is 1.54. The van der Waals surface area contributed by atoms with Crippen molar-refractivity contribution in [2.24, 2.45) is 5.73 Å². The maximum atomic E-state index is 11.9. The van der Waals surface area contributed by atoms with E-state index in [-0.39, 0.29) is 18.0 Å². The van der Waals surface area contributed by atoms with E-state index >= 15 is 0 Å². The summed E-state index contributed by atoms with van der Waals surface area (Å²) in [6.07, 6.45) is 0. The summed E-state index contributed by atoms with van der Waals surface area (Å²) >= 11 is 0. The van der Waals surface area contributed by atoms with Crippen LogP contribution < -0.4 is 15.8 Å². The molecule has 2 unspecified atom stereocenters. The highest BCUT2D eigenvalue weighted by Gasteiger charge is 2.27. The van der Waals surface area contributed by atoms with Crippen LogP contribution in [-0.2, 0) is 4.79 Å². The molecule has 1 aromatic carbocycles. The molecule has 1 aromatic rings. The van der Waals surface area contributed by atoms with Gasteiger partial charge in [0.2, 0.25) is 5.91 Å². The van der Waals surface area contributed by atoms with Crippen LogP contribution in [0.2, 0.25) is 0 Å². The van der Waals surface area contributed by atoms with Crippen molar-refractivity contribution in [2.75, 3.05) is 26.7 Å². The Morgan fingerprint density at radius 2 is 2.05 bits per heavy atom. The minimum atomic E-state index is -0.115. The fourth-order valence-electron chi connectivity index (χ4n) is 2.57. The van der Waals surface area contributed by atoms with Crippen molar-refractivity contribution in [3.8, 4) is 5.75 Å². The van der Waals surface area contributed by atoms with E-state index in [1.165, 1.54) is 0 Å². The summed E-state index contributed by atoms with van der Waals surface area (Å²) in [5.74, 6) is 0.814. The maximum absolute atomic E-state index is 11.9. The molecule has 5 heteroatoms. The molecule has 5 nitrogen and oxygen atoms in total. The molecule has 0 aliphatic heterocycles. The second-order valence-corrected chi connectivity index (χ2v) is 5.06. The monoisotopic (exact) mass is 293 g/mol. The van der Waals surface area contributed by atoms with Crippen LogP contribution in [-0.4, -0.2) is 43.6 Å². The van der Waals surface area contributed by atoms with Gasteiger partial charge in [-0.15, -0.1) is 0 Å². The van der Waals surface area contributed by atoms with E-state index in [0.29, 0.717) is 13.1 Å². The van der Waals surface area contributed by atoms with Gasteiger partial charge in [-0.05, 0) is 26.5 Å². The summed E-state index contributed by atoms with van der Waals surface area (Å²) in [6, 6.07) is 7.65. The summed E-state index contributed by atoms with van der Waals surface area (Å²) in [7, 11) is 1.65. The molecule has 0 aliphatic carbocycles. The molecule has 0 aliphatic rings. The first-order valence-electron chi connectivity index (χ1n) is 7.44. The average molecular weight is 293 g/mol. The summed E-state index contributed by atoms with van der Waals surface area (Å²) < 4.78 is 5.44. The number of likely N-dealkylation sites (N-methyl/N-ethyl adjacent to an activating group) is 2. The third kappa shape index (κ3) is 4.72. The molecular weight excluding hydrogens is 266 g/mol. The first-order chi connectivity index (χ1) is 10.0. The van der Waals surface area contributed by atoms with Gasteiger partial charge in [0.05, 0.1) is 19.7 Å². The molecule has 0 fully saturated rings. The third-order valence-corrected chi connectivity index (χ3v) is 3.48. The van der Waals surface area contributed by atoms with Gasteiger partial charge in [-0.2, -0.15) is 0 Å². The van der Waals surface area contributed by atoms with E-state index in [1.807, 2.05) is 45.0 Å². The van der Waals surface area contributed by atoms with Crippen molar-refractivity contribution in [3.05, 3.63) is 29.8 Å². The zero-order valence-corrected chi connectivity index (χ0v) is 13.4. The molecule has 0 spiro atoms. The fraction of sp³-hybridized carbons (Fsp3) is 0.562. The summed E-state index contributed by atoms with van der Waals surface area (Å²) in [5, 5.41) is 2.83. The van der Waals surface area contributed by atoms with E-state index in [9.17, 15) is 4.79 Å². The Labute approximate surface area is 127 Å². The number of para-hydroxylation sites is 1. The molecular formula is C16H27N3O2. The third-order valence-electron chi connectivity index (χ3n) is 3.48. The van der Waals surface area contributed by atoms with Gasteiger partial charge in [-0.25, -0.2) is 0 Å². The van der Waals surface area contributed by atoms with Crippen LogP contribution in [0.1, 0.15) is 32.4 Å². The van der Waals surface area contributed by atoms with Crippen molar-refractivity contribution in [2.45, 2.75) is 32.9 Å². The minimum absolute atomic E-state index is 0.0138. The van der Waals surface area contributed by atoms with E-state index in [1.54, 1.807) is 7.11 Å². The molecule has 0 radical (unpaired) electrons. The smallest absolute Gasteiger partial charge is 0.234 e. The Balaban J connectivity index is 3.05. The number of nitrogens with zero attached hydrogens (tertiary/aromatic N) is 1. The van der Waals surface area contributed by atoms with Crippen LogP contribution in [0.15, 0.2) is 24.3 Å². The second-order valence-electron chi connectivity index (χ2n) is 5.06. The summed E-state index contributed by atoms with van der Waals surface area (Å²) in [5.41, 5.74) is 7.20. The lowest BCUT2D eigenvalue weighted by Gasteiger charge is -2.34. The Bertz CT molecular complexity index is 449. The van der Waals surface area contributed by atoms with E-state index in [0.717, 1.165) is 17.9 Å². The molecule has 3 N–H and O–H groups in total. The van der Waals surface area contributed by atoms with Crippen LogP contribution in [0.25, 0.3) is 0 Å². The molecule has 2 atom stereocenters. The number of nitrogens with one attached hydrogen (secondary N) is 1. The molecule has 118 valence electrons. The molecule has 1 rings (SSSR count). The van der Waals surface area contributed by atoms with Gasteiger partial charge in [-0.1, -0.05) is 25.1 Å². The first kappa shape index (κ1) is 17.5. The Hall–Kier alpha value is -1.59. The first-order valence-corrected chi connectivity index (χ1v) is 7.44. The van der Waals surface area contributed by atoms with E-state index in [2.05, 4.69) is 10.2 Å². The van der Waals surface area contributed by atoms with Crippen molar-refractivity contribution in [1.29, 1.82) is 0 Å². The zero-order chi connectivity index (χ0) is 15.8. The van der Waals surface area contributed by atoms with E-state index < -0.39 is 0 Å². The van der Waals surface area contributed by atoms with Gasteiger partial charge in [-0.3, -0.25) is 9.69 Å². The van der Waals surface area contributed by atoms with Crippen LogP contribution in [0.4, 0.5) is 0 Å². The van der Waals surface area contributed by atoms with Gasteiger partial charge in [0.25, 0.3) is 0 Å². The number of nitrogens with two attached hydrogens (primary N) is 1. The van der Waals surface area contributed by atoms with Gasteiger partial charge in [0, 0.05) is 18.2 Å². The molecule has 0 saturated carbocycles. The highest BCUT2D eigenvalue weighted by molar-refractivity contribution is 5.78. The highest BCUT2D eigenvalue weighted by Crippen LogP contribution is 2.30. The van der Waals surface area contributed by atoms with Crippen LogP contribution in [0.5, 0.6) is 5.75 Å². The average Bonchev–Trinajstić information content (AvgIpc) is 2.46. The second kappa shape index (κ2) is 8.64. The van der Waals surface area contributed by atoms with Crippen molar-refractivity contribution < 1.29 is 9.53 Å². The van der Waals surface area contributed by atoms with Crippen molar-refractivity contribution in [1.82, 2.24) is 10.2 Å². The van der Waals surface area contributed by atoms with Crippen molar-refractivity contribution in [3.63, 3.8) is 0 Å². The number of methoxy groups -OCH3 is 1. The number of rotatable bonds is 8. The number of carbonyl (C=O) groups is 1. The Morgan fingerprint density at radius 3 is 2.57 bits per heavy atom. The lowest BCUT2D eigenvalue weighted by molar-refractivity contribution is -0.122. The number of hydrogen-bond donors (Lipinski definition) is 2. The van der Waals surface area contributed by atoms with Gasteiger partial charge < -0.3 is 15.8 Å². The molecule has 1 amide bonds. The molecule has 0 aromatic heterocycles. The summed E-state index contributed by atoms with van der Waals surface area (Å²) in [4.78, 5) is 14.0. The van der Waals surface area contributed by atoms with Gasteiger partial charge in [0.1, 0.15) is 5.75 Å². The Kier molecular flexibility index (Phi) is 7.19. The van der Waals surface area contributed by atoms with Gasteiger partial charge in [0.15, 0.2) is 0 Å². The predicted molar refractivity (Wildman–Crippen MR) is 85.3 cm³/mol. The minimum Gasteiger partial charge on any atom is -0.496 e. The lowest BCUT2D eigenvalue weighted by Crippen LogP contribution is -2.44. The van der Waals surface area contributed by atoms with Crippen molar-refractivity contribution >= 4 is 5.91 Å². The van der Waals surface area contributed by atoms with Crippen LogP contribution in [0, 0.1) is 0 Å². The zero-order valence-electron chi connectivity index (χ0n) is 13.4. The van der Waals surface area contributed by atoms with E-state index in [4.69, 9.17) is 10.5 Å². The molecule has 0 saturated heterocycles. The molecule has 21 heavy (non-hydrogen) atoms.